The van der Waals surface area contributed by atoms with Crippen LogP contribution in [0, 0.1) is 0 Å². The number of fused-ring (bicyclic) bond motifs is 1. The number of rotatable bonds is 3. The number of benzene rings is 3. The van der Waals surface area contributed by atoms with Gasteiger partial charge in [0.2, 0.25) is 0 Å². The second-order valence-corrected chi connectivity index (χ2v) is 9.46. The molecule has 1 aliphatic rings. The molecule has 0 N–H and O–H groups in total. The van der Waals surface area contributed by atoms with Crippen LogP contribution in [0.4, 0.5) is 18.9 Å². The number of anilines is 1. The molecule has 0 saturated carbocycles. The minimum Gasteiger partial charge on any atom is -0.489 e. The maximum Gasteiger partial charge on any atom is 0.416 e. The third kappa shape index (κ3) is 4.20. The van der Waals surface area contributed by atoms with Crippen LogP contribution in [-0.2, 0) is 16.2 Å². The molecule has 1 heterocycles. The van der Waals surface area contributed by atoms with E-state index in [1.165, 1.54) is 0 Å². The monoisotopic (exact) mass is 487 g/mol. The van der Waals surface area contributed by atoms with Gasteiger partial charge in [-0.15, -0.1) is 0 Å². The summed E-state index contributed by atoms with van der Waals surface area (Å²) < 4.78 is 72.4. The highest BCUT2D eigenvalue weighted by molar-refractivity contribution is 7.92. The largest absolute Gasteiger partial charge is 0.489 e. The van der Waals surface area contributed by atoms with Gasteiger partial charge in [-0.3, -0.25) is 4.31 Å². The van der Waals surface area contributed by atoms with Crippen molar-refractivity contribution in [1.29, 1.82) is 0 Å². The zero-order valence-electron chi connectivity index (χ0n) is 15.7. The van der Waals surface area contributed by atoms with E-state index >= 15 is 0 Å². The predicted octanol–water partition coefficient (Wildman–Crippen LogP) is 6.27. The normalized spacial score (nSPS) is 14.2. The predicted molar refractivity (Wildman–Crippen MR) is 113 cm³/mol. The summed E-state index contributed by atoms with van der Waals surface area (Å²) in [6, 6.07) is 13.5. The van der Waals surface area contributed by atoms with E-state index in [4.69, 9.17) is 27.9 Å². The molecule has 0 radical (unpaired) electrons. The van der Waals surface area contributed by atoms with Crippen molar-refractivity contribution in [2.24, 2.45) is 0 Å². The molecule has 31 heavy (non-hydrogen) atoms. The summed E-state index contributed by atoms with van der Waals surface area (Å²) in [5, 5.41) is 0.820. The van der Waals surface area contributed by atoms with E-state index < -0.39 is 26.7 Å². The molecule has 1 aliphatic heterocycles. The fourth-order valence-electron chi connectivity index (χ4n) is 3.29. The lowest BCUT2D eigenvalue weighted by atomic mass is 10.0. The van der Waals surface area contributed by atoms with Crippen molar-refractivity contribution >= 4 is 38.9 Å². The third-order valence-electron chi connectivity index (χ3n) is 4.77. The van der Waals surface area contributed by atoms with E-state index in [0.29, 0.717) is 33.0 Å². The molecule has 0 bridgehead atoms. The number of hydrogen-bond acceptors (Lipinski definition) is 3. The molecule has 3 aromatic carbocycles. The Balaban J connectivity index is 1.80. The standard InChI is InChI=1S/C21H14Cl2F3NO3S/c22-15-5-6-17(18(23)12-15)13-4-7-20-19(10-13)27(8-9-30-20)31(28,29)16-3-1-2-14(11-16)21(24,25)26/h1-7,10-12H,8-9H2. The van der Waals surface area contributed by atoms with Crippen LogP contribution in [0.15, 0.2) is 65.6 Å². The lowest BCUT2D eigenvalue weighted by Crippen LogP contribution is -2.38. The van der Waals surface area contributed by atoms with Crippen LogP contribution in [-0.4, -0.2) is 21.6 Å². The van der Waals surface area contributed by atoms with Crippen LogP contribution < -0.4 is 9.04 Å². The van der Waals surface area contributed by atoms with Crippen molar-refractivity contribution in [2.45, 2.75) is 11.1 Å². The SMILES string of the molecule is O=S(=O)(c1cccc(C(F)(F)F)c1)N1CCOc2ccc(-c3ccc(Cl)cc3Cl)cc21. The van der Waals surface area contributed by atoms with Crippen LogP contribution in [0.5, 0.6) is 5.75 Å². The van der Waals surface area contributed by atoms with Gasteiger partial charge in [0.25, 0.3) is 10.0 Å². The average Bonchev–Trinajstić information content (AvgIpc) is 2.72. The van der Waals surface area contributed by atoms with Gasteiger partial charge in [-0.05, 0) is 48.0 Å². The third-order valence-corrected chi connectivity index (χ3v) is 7.13. The first-order valence-corrected chi connectivity index (χ1v) is 11.2. The van der Waals surface area contributed by atoms with Gasteiger partial charge in [0.1, 0.15) is 12.4 Å². The van der Waals surface area contributed by atoms with E-state index in [1.807, 2.05) is 0 Å². The first-order valence-electron chi connectivity index (χ1n) is 9.00. The van der Waals surface area contributed by atoms with Crippen LogP contribution in [0.25, 0.3) is 11.1 Å². The highest BCUT2D eigenvalue weighted by Gasteiger charge is 2.34. The zero-order chi connectivity index (χ0) is 22.4. The Kier molecular flexibility index (Phi) is 5.57. The van der Waals surface area contributed by atoms with Crippen LogP contribution in [0.1, 0.15) is 5.56 Å². The van der Waals surface area contributed by atoms with Gasteiger partial charge in [0.05, 0.1) is 22.7 Å². The summed E-state index contributed by atoms with van der Waals surface area (Å²) in [6.45, 7) is 0.00955. The van der Waals surface area contributed by atoms with E-state index in [0.717, 1.165) is 22.5 Å². The lowest BCUT2D eigenvalue weighted by Gasteiger charge is -2.31. The van der Waals surface area contributed by atoms with Crippen LogP contribution >= 0.6 is 23.2 Å². The molecule has 3 aromatic rings. The van der Waals surface area contributed by atoms with E-state index in [1.54, 1.807) is 36.4 Å². The van der Waals surface area contributed by atoms with Gasteiger partial charge in [-0.2, -0.15) is 13.2 Å². The van der Waals surface area contributed by atoms with Crippen LogP contribution in [0.3, 0.4) is 0 Å². The number of alkyl halides is 3. The molecule has 0 atom stereocenters. The lowest BCUT2D eigenvalue weighted by molar-refractivity contribution is -0.137. The maximum absolute atomic E-state index is 13.2. The summed E-state index contributed by atoms with van der Waals surface area (Å²) in [4.78, 5) is -0.454. The fourth-order valence-corrected chi connectivity index (χ4v) is 5.31. The molecular formula is C21H14Cl2F3NO3S. The Morgan fingerprint density at radius 1 is 0.968 bits per heavy atom. The molecule has 0 unspecified atom stereocenters. The topological polar surface area (TPSA) is 46.6 Å². The summed E-state index contributed by atoms with van der Waals surface area (Å²) >= 11 is 12.2. The van der Waals surface area contributed by atoms with Crippen molar-refractivity contribution < 1.29 is 26.3 Å². The molecule has 4 nitrogen and oxygen atoms in total. The molecule has 4 rings (SSSR count). The van der Waals surface area contributed by atoms with Gasteiger partial charge >= 0.3 is 6.18 Å². The van der Waals surface area contributed by atoms with Gasteiger partial charge in [-0.1, -0.05) is 41.4 Å². The highest BCUT2D eigenvalue weighted by Crippen LogP contribution is 2.41. The Labute approximate surface area is 186 Å². The molecule has 10 heteroatoms. The second-order valence-electron chi connectivity index (χ2n) is 6.76. The average molecular weight is 488 g/mol. The summed E-state index contributed by atoms with van der Waals surface area (Å²) in [5.74, 6) is 0.302. The van der Waals surface area contributed by atoms with E-state index in [-0.39, 0.29) is 18.8 Å². The fraction of sp³-hybridized carbons (Fsp3) is 0.143. The molecule has 162 valence electrons. The molecule has 0 fully saturated rings. The Morgan fingerprint density at radius 3 is 2.45 bits per heavy atom. The smallest absolute Gasteiger partial charge is 0.416 e. The van der Waals surface area contributed by atoms with Crippen molar-refractivity contribution in [3.63, 3.8) is 0 Å². The Bertz CT molecular complexity index is 1260. The number of sulfonamides is 1. The quantitative estimate of drug-likeness (QED) is 0.437. The van der Waals surface area contributed by atoms with Crippen molar-refractivity contribution in [2.75, 3.05) is 17.5 Å². The number of nitrogens with zero attached hydrogens (tertiary/aromatic N) is 1. The first kappa shape index (κ1) is 21.8. The molecule has 0 aromatic heterocycles. The number of halogens is 5. The van der Waals surface area contributed by atoms with E-state index in [2.05, 4.69) is 0 Å². The minimum atomic E-state index is -4.66. The Hall–Kier alpha value is -2.42. The summed E-state index contributed by atoms with van der Waals surface area (Å²) in [6.07, 6.45) is -4.66. The first-order chi connectivity index (χ1) is 14.6. The molecule has 0 aliphatic carbocycles. The van der Waals surface area contributed by atoms with Crippen molar-refractivity contribution in [1.82, 2.24) is 0 Å². The maximum atomic E-state index is 13.2. The molecule has 0 amide bonds. The van der Waals surface area contributed by atoms with E-state index in [9.17, 15) is 21.6 Å². The van der Waals surface area contributed by atoms with Gasteiger partial charge in [0, 0.05) is 15.6 Å². The zero-order valence-corrected chi connectivity index (χ0v) is 18.0. The number of ether oxygens (including phenoxy) is 1. The summed E-state index contributed by atoms with van der Waals surface area (Å²) in [7, 11) is -4.27. The van der Waals surface area contributed by atoms with Gasteiger partial charge in [0.15, 0.2) is 0 Å². The summed E-state index contributed by atoms with van der Waals surface area (Å²) in [5.41, 5.74) is 0.405. The van der Waals surface area contributed by atoms with Gasteiger partial charge in [-0.25, -0.2) is 8.42 Å². The minimum absolute atomic E-state index is 0.0522. The second kappa shape index (κ2) is 7.93. The number of hydrogen-bond donors (Lipinski definition) is 0. The van der Waals surface area contributed by atoms with Crippen molar-refractivity contribution in [3.05, 3.63) is 76.3 Å². The van der Waals surface area contributed by atoms with Crippen LogP contribution in [0.2, 0.25) is 10.0 Å². The highest BCUT2D eigenvalue weighted by atomic mass is 35.5. The molecule has 0 spiro atoms. The molecular weight excluding hydrogens is 474 g/mol. The van der Waals surface area contributed by atoms with Crippen molar-refractivity contribution in [3.8, 4) is 16.9 Å². The molecule has 0 saturated heterocycles. The Morgan fingerprint density at radius 2 is 1.74 bits per heavy atom. The van der Waals surface area contributed by atoms with Gasteiger partial charge < -0.3 is 4.74 Å².